The summed E-state index contributed by atoms with van der Waals surface area (Å²) in [5.74, 6) is 1.50. The maximum Gasteiger partial charge on any atom is 0.265 e. The fourth-order valence-electron chi connectivity index (χ4n) is 1.94. The summed E-state index contributed by atoms with van der Waals surface area (Å²) in [6, 6.07) is 0. The van der Waals surface area contributed by atoms with Crippen molar-refractivity contribution in [2.75, 3.05) is 0 Å². The third-order valence-corrected chi connectivity index (χ3v) is 4.28. The largest absolute Gasteiger partial charge is 0.628 e. The predicted octanol–water partition coefficient (Wildman–Crippen LogP) is 2.17. The SMILES string of the molecule is C=C/C=C/[P+]1([O-])O[C@@H]2CCCC[C@H]2O1. The van der Waals surface area contributed by atoms with Crippen LogP contribution in [0.15, 0.2) is 24.5 Å². The molecule has 0 N–H and O–H groups in total. The first-order valence-corrected chi connectivity index (χ1v) is 6.61. The predicted molar refractivity (Wildman–Crippen MR) is 54.5 cm³/mol. The Labute approximate surface area is 85.0 Å². The summed E-state index contributed by atoms with van der Waals surface area (Å²) >= 11 is 0. The summed E-state index contributed by atoms with van der Waals surface area (Å²) in [5, 5.41) is 0. The monoisotopic (exact) mass is 214 g/mol. The second-order valence-electron chi connectivity index (χ2n) is 3.69. The van der Waals surface area contributed by atoms with Crippen LogP contribution < -0.4 is 4.89 Å². The van der Waals surface area contributed by atoms with Gasteiger partial charge in [0.1, 0.15) is 18.0 Å². The van der Waals surface area contributed by atoms with E-state index >= 15 is 0 Å². The van der Waals surface area contributed by atoms with Crippen LogP contribution in [0, 0.1) is 0 Å². The normalized spacial score (nSPS) is 35.8. The molecule has 0 aromatic heterocycles. The summed E-state index contributed by atoms with van der Waals surface area (Å²) < 4.78 is 10.9. The molecule has 0 aromatic rings. The van der Waals surface area contributed by atoms with Crippen LogP contribution in [0.1, 0.15) is 25.7 Å². The number of hydrogen-bond donors (Lipinski definition) is 0. The second-order valence-corrected chi connectivity index (χ2v) is 5.49. The maximum atomic E-state index is 12.0. The van der Waals surface area contributed by atoms with E-state index < -0.39 is 7.94 Å². The molecular formula is C10H15O3P. The molecule has 2 aliphatic rings. The Morgan fingerprint density at radius 1 is 1.21 bits per heavy atom. The van der Waals surface area contributed by atoms with E-state index in [4.69, 9.17) is 9.05 Å². The van der Waals surface area contributed by atoms with E-state index in [9.17, 15) is 4.89 Å². The van der Waals surface area contributed by atoms with Gasteiger partial charge in [-0.15, -0.1) is 0 Å². The van der Waals surface area contributed by atoms with Crippen molar-refractivity contribution in [2.24, 2.45) is 0 Å². The van der Waals surface area contributed by atoms with Crippen LogP contribution in [0.3, 0.4) is 0 Å². The Hall–Kier alpha value is -0.210. The molecule has 2 rings (SSSR count). The molecule has 0 unspecified atom stereocenters. The zero-order chi connectivity index (χ0) is 10.0. The molecule has 1 heterocycles. The van der Waals surface area contributed by atoms with Gasteiger partial charge in [-0.3, -0.25) is 0 Å². The summed E-state index contributed by atoms with van der Waals surface area (Å²) in [5.41, 5.74) is 0. The van der Waals surface area contributed by atoms with Gasteiger partial charge in [0.25, 0.3) is 7.94 Å². The molecule has 0 bridgehead atoms. The third-order valence-electron chi connectivity index (χ3n) is 2.61. The van der Waals surface area contributed by atoms with E-state index in [1.165, 1.54) is 5.82 Å². The highest BCUT2D eigenvalue weighted by Crippen LogP contribution is 2.63. The zero-order valence-electron chi connectivity index (χ0n) is 8.09. The summed E-state index contributed by atoms with van der Waals surface area (Å²) in [7, 11) is -2.94. The molecule has 3 nitrogen and oxygen atoms in total. The van der Waals surface area contributed by atoms with Gasteiger partial charge >= 0.3 is 0 Å². The van der Waals surface area contributed by atoms with Gasteiger partial charge in [-0.2, -0.15) is 9.05 Å². The lowest BCUT2D eigenvalue weighted by Crippen LogP contribution is -2.25. The van der Waals surface area contributed by atoms with Crippen LogP contribution in [0.5, 0.6) is 0 Å². The quantitative estimate of drug-likeness (QED) is 0.522. The van der Waals surface area contributed by atoms with Gasteiger partial charge in [0, 0.05) is 0 Å². The molecule has 2 fully saturated rings. The molecule has 14 heavy (non-hydrogen) atoms. The lowest BCUT2D eigenvalue weighted by molar-refractivity contribution is -0.205. The molecule has 0 amide bonds. The Balaban J connectivity index is 2.03. The van der Waals surface area contributed by atoms with Gasteiger partial charge in [-0.25, -0.2) is 0 Å². The number of allylic oxidation sites excluding steroid dienone is 2. The van der Waals surface area contributed by atoms with E-state index in [0.29, 0.717) is 0 Å². The van der Waals surface area contributed by atoms with Crippen LogP contribution in [-0.4, -0.2) is 12.2 Å². The maximum absolute atomic E-state index is 12.0. The first-order chi connectivity index (χ1) is 6.73. The summed E-state index contributed by atoms with van der Waals surface area (Å²) in [6.45, 7) is 3.52. The van der Waals surface area contributed by atoms with Crippen molar-refractivity contribution in [1.82, 2.24) is 0 Å². The van der Waals surface area contributed by atoms with Gasteiger partial charge in [0.15, 0.2) is 0 Å². The Morgan fingerprint density at radius 3 is 2.29 bits per heavy atom. The molecule has 0 spiro atoms. The molecule has 1 saturated heterocycles. The van der Waals surface area contributed by atoms with Gasteiger partial charge in [-0.1, -0.05) is 25.5 Å². The minimum Gasteiger partial charge on any atom is -0.628 e. The average molecular weight is 214 g/mol. The molecule has 1 aliphatic carbocycles. The van der Waals surface area contributed by atoms with Crippen LogP contribution >= 0.6 is 7.94 Å². The fourth-order valence-corrected chi connectivity index (χ4v) is 3.70. The van der Waals surface area contributed by atoms with Crippen LogP contribution in [0.4, 0.5) is 0 Å². The average Bonchev–Trinajstić information content (AvgIpc) is 2.51. The van der Waals surface area contributed by atoms with Crippen molar-refractivity contribution < 1.29 is 13.9 Å². The smallest absolute Gasteiger partial charge is 0.265 e. The third kappa shape index (κ3) is 2.06. The topological polar surface area (TPSA) is 41.5 Å². The number of rotatable bonds is 2. The lowest BCUT2D eigenvalue weighted by Gasteiger charge is -2.17. The lowest BCUT2D eigenvalue weighted by atomic mass is 9.95. The summed E-state index contributed by atoms with van der Waals surface area (Å²) in [4.78, 5) is 12.0. The standard InChI is InChI=1S/C10H15O3P/c1-2-3-8-14(11)12-9-6-4-5-7-10(9)13-14/h2-3,8-10H,1,4-7H2/b8-3+/t9-,10-/m1/s1. The molecule has 78 valence electrons. The molecule has 4 heteroatoms. The van der Waals surface area contributed by atoms with Gasteiger partial charge < -0.3 is 4.89 Å². The Kier molecular flexibility index (Phi) is 3.03. The fraction of sp³-hybridized carbons (Fsp3) is 0.600. The van der Waals surface area contributed by atoms with Crippen LogP contribution in [-0.2, 0) is 9.05 Å². The first kappa shape index (κ1) is 10.3. The van der Waals surface area contributed by atoms with E-state index in [1.807, 2.05) is 0 Å². The van der Waals surface area contributed by atoms with Gasteiger partial charge in [0.2, 0.25) is 0 Å². The molecule has 1 saturated carbocycles. The molecule has 0 radical (unpaired) electrons. The minimum atomic E-state index is -2.94. The van der Waals surface area contributed by atoms with Crippen molar-refractivity contribution in [3.05, 3.63) is 24.5 Å². The second kappa shape index (κ2) is 4.11. The minimum absolute atomic E-state index is 0.0454. The van der Waals surface area contributed by atoms with E-state index in [-0.39, 0.29) is 12.2 Å². The first-order valence-electron chi connectivity index (χ1n) is 5.00. The van der Waals surface area contributed by atoms with Crippen LogP contribution in [0.25, 0.3) is 0 Å². The van der Waals surface area contributed by atoms with Crippen LogP contribution in [0.2, 0.25) is 0 Å². The van der Waals surface area contributed by atoms with Crippen molar-refractivity contribution in [2.45, 2.75) is 37.9 Å². The van der Waals surface area contributed by atoms with Gasteiger partial charge in [-0.05, 0) is 18.9 Å². The van der Waals surface area contributed by atoms with Crippen molar-refractivity contribution >= 4 is 7.94 Å². The highest BCUT2D eigenvalue weighted by molar-refractivity contribution is 7.62. The molecular weight excluding hydrogens is 199 g/mol. The van der Waals surface area contributed by atoms with Gasteiger partial charge in [0.05, 0.1) is 0 Å². The van der Waals surface area contributed by atoms with E-state index in [1.54, 1.807) is 12.2 Å². The number of hydrogen-bond acceptors (Lipinski definition) is 3. The number of fused-ring (bicyclic) bond motifs is 1. The highest BCUT2D eigenvalue weighted by atomic mass is 31.2. The molecule has 1 aliphatic heterocycles. The zero-order valence-corrected chi connectivity index (χ0v) is 8.99. The van der Waals surface area contributed by atoms with Crippen molar-refractivity contribution in [3.63, 3.8) is 0 Å². The van der Waals surface area contributed by atoms with E-state index in [0.717, 1.165) is 25.7 Å². The van der Waals surface area contributed by atoms with Crippen molar-refractivity contribution in [1.29, 1.82) is 0 Å². The molecule has 2 atom stereocenters. The Bertz CT molecular complexity index is 238. The van der Waals surface area contributed by atoms with Crippen molar-refractivity contribution in [3.8, 4) is 0 Å². The molecule has 0 aromatic carbocycles. The summed E-state index contributed by atoms with van der Waals surface area (Å²) in [6.07, 6.45) is 7.53. The van der Waals surface area contributed by atoms with E-state index in [2.05, 4.69) is 6.58 Å². The highest BCUT2D eigenvalue weighted by Gasteiger charge is 2.48. The Morgan fingerprint density at radius 2 is 1.79 bits per heavy atom.